The molecule has 0 aliphatic rings. The number of rotatable bonds is 6. The smallest absolute Gasteiger partial charge is 0.232 e. The summed E-state index contributed by atoms with van der Waals surface area (Å²) in [6.45, 7) is 12.7. The zero-order valence-electron chi connectivity index (χ0n) is 14.6. The largest absolute Gasteiger partial charge is 0.357 e. The minimum absolute atomic E-state index is 0. The van der Waals surface area contributed by atoms with E-state index < -0.39 is 0 Å². The Morgan fingerprint density at radius 2 is 2.00 bits per heavy atom. The summed E-state index contributed by atoms with van der Waals surface area (Å²) in [7, 11) is 2.05. The zero-order valence-corrected chi connectivity index (χ0v) is 17.0. The molecule has 0 aliphatic heterocycles. The van der Waals surface area contributed by atoms with Gasteiger partial charge in [-0.15, -0.1) is 24.0 Å². The lowest BCUT2D eigenvalue weighted by molar-refractivity contribution is 0.318. The number of unbranched alkanes of at least 4 members (excludes halogenated alkanes) is 1. The van der Waals surface area contributed by atoms with Crippen molar-refractivity contribution in [1.82, 2.24) is 20.4 Å². The van der Waals surface area contributed by atoms with Gasteiger partial charge in [-0.1, -0.05) is 39.3 Å². The third-order valence-electron chi connectivity index (χ3n) is 3.02. The van der Waals surface area contributed by atoms with E-state index in [0.29, 0.717) is 18.3 Å². The van der Waals surface area contributed by atoms with Gasteiger partial charge in [0.25, 0.3) is 0 Å². The SMILES string of the molecule is CCCCN(C)C(=NCc1noc(C(C)(C)C)n1)NCC.I. The Hall–Kier alpha value is -0.860. The van der Waals surface area contributed by atoms with Crippen molar-refractivity contribution in [3.8, 4) is 0 Å². The van der Waals surface area contributed by atoms with Crippen LogP contribution in [0.5, 0.6) is 0 Å². The number of halogens is 1. The second-order valence-electron chi connectivity index (χ2n) is 6.21. The number of nitrogens with zero attached hydrogens (tertiary/aromatic N) is 4. The van der Waals surface area contributed by atoms with Gasteiger partial charge < -0.3 is 14.7 Å². The van der Waals surface area contributed by atoms with E-state index in [1.165, 1.54) is 6.42 Å². The highest BCUT2D eigenvalue weighted by Gasteiger charge is 2.21. The van der Waals surface area contributed by atoms with Gasteiger partial charge in [-0.2, -0.15) is 4.98 Å². The molecule has 0 unspecified atom stereocenters. The summed E-state index contributed by atoms with van der Waals surface area (Å²) >= 11 is 0. The number of nitrogens with one attached hydrogen (secondary N) is 1. The number of hydrogen-bond acceptors (Lipinski definition) is 4. The Morgan fingerprint density at radius 1 is 1.32 bits per heavy atom. The van der Waals surface area contributed by atoms with Crippen LogP contribution in [0.25, 0.3) is 0 Å². The van der Waals surface area contributed by atoms with E-state index in [-0.39, 0.29) is 29.4 Å². The quantitative estimate of drug-likeness (QED) is 0.433. The molecule has 1 N–H and O–H groups in total. The average Bonchev–Trinajstić information content (AvgIpc) is 2.89. The predicted octanol–water partition coefficient (Wildman–Crippen LogP) is 3.18. The van der Waals surface area contributed by atoms with Gasteiger partial charge in [-0.05, 0) is 13.3 Å². The molecule has 1 aromatic heterocycles. The van der Waals surface area contributed by atoms with Crippen molar-refractivity contribution in [3.05, 3.63) is 11.7 Å². The van der Waals surface area contributed by atoms with E-state index >= 15 is 0 Å². The Morgan fingerprint density at radius 3 is 2.50 bits per heavy atom. The van der Waals surface area contributed by atoms with Crippen molar-refractivity contribution in [2.45, 2.75) is 59.4 Å². The summed E-state index contributed by atoms with van der Waals surface area (Å²) < 4.78 is 5.28. The lowest BCUT2D eigenvalue weighted by Crippen LogP contribution is -2.39. The molecule has 0 aliphatic carbocycles. The van der Waals surface area contributed by atoms with Gasteiger partial charge >= 0.3 is 0 Å². The van der Waals surface area contributed by atoms with Crippen LogP contribution in [-0.2, 0) is 12.0 Å². The van der Waals surface area contributed by atoms with E-state index in [0.717, 1.165) is 25.5 Å². The van der Waals surface area contributed by atoms with Crippen molar-refractivity contribution < 1.29 is 4.52 Å². The highest BCUT2D eigenvalue weighted by Crippen LogP contribution is 2.19. The maximum atomic E-state index is 5.28. The van der Waals surface area contributed by atoms with E-state index in [9.17, 15) is 0 Å². The van der Waals surface area contributed by atoms with Gasteiger partial charge in [0.2, 0.25) is 5.89 Å². The fourth-order valence-corrected chi connectivity index (χ4v) is 1.74. The first-order valence-corrected chi connectivity index (χ1v) is 7.71. The van der Waals surface area contributed by atoms with Gasteiger partial charge in [0.05, 0.1) is 0 Å². The lowest BCUT2D eigenvalue weighted by Gasteiger charge is -2.21. The van der Waals surface area contributed by atoms with Crippen LogP contribution in [0.15, 0.2) is 9.52 Å². The first-order chi connectivity index (χ1) is 9.88. The maximum Gasteiger partial charge on any atom is 0.232 e. The van der Waals surface area contributed by atoms with Crippen molar-refractivity contribution in [2.75, 3.05) is 20.1 Å². The van der Waals surface area contributed by atoms with Crippen molar-refractivity contribution >= 4 is 29.9 Å². The van der Waals surface area contributed by atoms with Crippen LogP contribution in [0.1, 0.15) is 59.2 Å². The highest BCUT2D eigenvalue weighted by molar-refractivity contribution is 14.0. The minimum atomic E-state index is -0.128. The molecule has 1 heterocycles. The fraction of sp³-hybridized carbons (Fsp3) is 0.800. The molecule has 7 heteroatoms. The number of hydrogen-bond donors (Lipinski definition) is 1. The Balaban J connectivity index is 0.00000441. The maximum absolute atomic E-state index is 5.28. The van der Waals surface area contributed by atoms with Crippen LogP contribution in [-0.4, -0.2) is 41.1 Å². The van der Waals surface area contributed by atoms with Crippen LogP contribution in [0.4, 0.5) is 0 Å². The van der Waals surface area contributed by atoms with Gasteiger partial charge in [0, 0.05) is 25.6 Å². The second-order valence-corrected chi connectivity index (χ2v) is 6.21. The molecule has 128 valence electrons. The van der Waals surface area contributed by atoms with Crippen LogP contribution in [0, 0.1) is 0 Å². The van der Waals surface area contributed by atoms with Crippen LogP contribution >= 0.6 is 24.0 Å². The number of guanidine groups is 1. The topological polar surface area (TPSA) is 66.5 Å². The summed E-state index contributed by atoms with van der Waals surface area (Å²) in [5, 5.41) is 7.29. The molecule has 0 spiro atoms. The molecule has 22 heavy (non-hydrogen) atoms. The third kappa shape index (κ3) is 6.93. The zero-order chi connectivity index (χ0) is 15.9. The lowest BCUT2D eigenvalue weighted by atomic mass is 9.97. The number of aromatic nitrogens is 2. The Bertz CT molecular complexity index is 453. The summed E-state index contributed by atoms with van der Waals surface area (Å²) in [5.74, 6) is 2.16. The van der Waals surface area contributed by atoms with Gasteiger partial charge in [-0.3, -0.25) is 0 Å². The monoisotopic (exact) mass is 423 g/mol. The molecule has 0 aromatic carbocycles. The molecule has 1 aromatic rings. The normalized spacial score (nSPS) is 12.0. The molecule has 1 rings (SSSR count). The molecule has 0 atom stereocenters. The molecule has 6 nitrogen and oxygen atoms in total. The summed E-state index contributed by atoms with van der Waals surface area (Å²) in [6.07, 6.45) is 2.32. The van der Waals surface area contributed by atoms with Gasteiger partial charge in [-0.25, -0.2) is 4.99 Å². The molecule has 0 saturated heterocycles. The van der Waals surface area contributed by atoms with E-state index in [1.54, 1.807) is 0 Å². The molecule has 0 radical (unpaired) electrons. The van der Waals surface area contributed by atoms with Gasteiger partial charge in [0.15, 0.2) is 11.8 Å². The van der Waals surface area contributed by atoms with Gasteiger partial charge in [0.1, 0.15) is 6.54 Å². The molecular weight excluding hydrogens is 393 g/mol. The van der Waals surface area contributed by atoms with E-state index in [4.69, 9.17) is 4.52 Å². The average molecular weight is 423 g/mol. The van der Waals surface area contributed by atoms with Crippen LogP contribution in [0.2, 0.25) is 0 Å². The molecule has 0 bridgehead atoms. The summed E-state index contributed by atoms with van der Waals surface area (Å²) in [6, 6.07) is 0. The molecular formula is C15H30IN5O. The minimum Gasteiger partial charge on any atom is -0.357 e. The van der Waals surface area contributed by atoms with Crippen molar-refractivity contribution in [1.29, 1.82) is 0 Å². The fourth-order valence-electron chi connectivity index (χ4n) is 1.74. The molecule has 0 saturated carbocycles. The summed E-state index contributed by atoms with van der Waals surface area (Å²) in [5.41, 5.74) is -0.128. The standard InChI is InChI=1S/C15H29N5O.HI/c1-7-9-10-20(6)14(16-8-2)17-11-12-18-13(21-19-12)15(3,4)5;/h7-11H2,1-6H3,(H,16,17);1H. The Kier molecular flexibility index (Phi) is 9.63. The third-order valence-corrected chi connectivity index (χ3v) is 3.02. The van der Waals surface area contributed by atoms with Crippen molar-refractivity contribution in [3.63, 3.8) is 0 Å². The van der Waals surface area contributed by atoms with Crippen LogP contribution < -0.4 is 5.32 Å². The molecule has 0 fully saturated rings. The second kappa shape index (κ2) is 10.0. The highest BCUT2D eigenvalue weighted by atomic mass is 127. The van der Waals surface area contributed by atoms with E-state index in [1.807, 2.05) is 7.05 Å². The first-order valence-electron chi connectivity index (χ1n) is 7.71. The predicted molar refractivity (Wildman–Crippen MR) is 101 cm³/mol. The Labute approximate surface area is 151 Å². The first kappa shape index (κ1) is 21.1. The summed E-state index contributed by atoms with van der Waals surface area (Å²) in [4.78, 5) is 11.1. The van der Waals surface area contributed by atoms with Crippen LogP contribution in [0.3, 0.4) is 0 Å². The number of aliphatic imine (C=N–C) groups is 1. The van der Waals surface area contributed by atoms with Crippen molar-refractivity contribution in [2.24, 2.45) is 4.99 Å². The molecule has 0 amide bonds. The van der Waals surface area contributed by atoms with E-state index in [2.05, 4.69) is 60.0 Å².